The van der Waals surface area contributed by atoms with Gasteiger partial charge in [0, 0.05) is 5.69 Å². The Kier molecular flexibility index (Phi) is 6.56. The number of carbonyl (C=O) groups is 2. The number of rotatable bonds is 7. The average molecular weight is 279 g/mol. The van der Waals surface area contributed by atoms with Gasteiger partial charge in [0.05, 0.1) is 13.2 Å². The largest absolute Gasteiger partial charge is 0.465 e. The third kappa shape index (κ3) is 5.30. The first-order valence-electron chi connectivity index (χ1n) is 6.69. The van der Waals surface area contributed by atoms with Crippen LogP contribution in [0.1, 0.15) is 19.4 Å². The Bertz CT molecular complexity index is 439. The monoisotopic (exact) mass is 279 g/mol. The second-order valence-corrected chi connectivity index (χ2v) is 4.31. The molecule has 1 aromatic rings. The predicted octanol–water partition coefficient (Wildman–Crippen LogP) is 1.93. The van der Waals surface area contributed by atoms with Crippen molar-refractivity contribution in [1.29, 1.82) is 0 Å². The van der Waals surface area contributed by atoms with Crippen LogP contribution in [0.25, 0.3) is 0 Å². The van der Waals surface area contributed by atoms with Crippen LogP contribution in [-0.4, -0.2) is 38.2 Å². The van der Waals surface area contributed by atoms with Crippen molar-refractivity contribution in [2.75, 3.05) is 31.2 Å². The van der Waals surface area contributed by atoms with Gasteiger partial charge < -0.3 is 14.4 Å². The molecule has 0 saturated heterocycles. The van der Waals surface area contributed by atoms with Gasteiger partial charge in [0.1, 0.15) is 13.1 Å². The Balaban J connectivity index is 2.83. The maximum Gasteiger partial charge on any atom is 0.325 e. The van der Waals surface area contributed by atoms with Crippen molar-refractivity contribution in [3.63, 3.8) is 0 Å². The normalized spacial score (nSPS) is 9.95. The zero-order chi connectivity index (χ0) is 15.0. The van der Waals surface area contributed by atoms with Crippen molar-refractivity contribution < 1.29 is 19.1 Å². The first-order valence-corrected chi connectivity index (χ1v) is 6.69. The van der Waals surface area contributed by atoms with Crippen molar-refractivity contribution in [3.05, 3.63) is 29.8 Å². The van der Waals surface area contributed by atoms with Crippen LogP contribution in [0, 0.1) is 6.92 Å². The molecule has 0 aliphatic heterocycles. The van der Waals surface area contributed by atoms with E-state index in [-0.39, 0.29) is 25.0 Å². The molecule has 1 aromatic carbocycles. The molecule has 0 bridgehead atoms. The van der Waals surface area contributed by atoms with Crippen LogP contribution in [-0.2, 0) is 19.1 Å². The Morgan fingerprint density at radius 3 is 2.05 bits per heavy atom. The summed E-state index contributed by atoms with van der Waals surface area (Å²) in [6.07, 6.45) is 0. The summed E-state index contributed by atoms with van der Waals surface area (Å²) >= 11 is 0. The highest BCUT2D eigenvalue weighted by Crippen LogP contribution is 2.16. The van der Waals surface area contributed by atoms with Gasteiger partial charge in [-0.15, -0.1) is 0 Å². The van der Waals surface area contributed by atoms with E-state index in [0.29, 0.717) is 13.2 Å². The number of benzene rings is 1. The summed E-state index contributed by atoms with van der Waals surface area (Å²) in [6.45, 7) is 6.14. The lowest BCUT2D eigenvalue weighted by atomic mass is 10.2. The predicted molar refractivity (Wildman–Crippen MR) is 76.7 cm³/mol. The number of carbonyl (C=O) groups excluding carboxylic acids is 2. The third-order valence-electron chi connectivity index (χ3n) is 2.62. The van der Waals surface area contributed by atoms with Gasteiger partial charge in [0.15, 0.2) is 0 Å². The van der Waals surface area contributed by atoms with Crippen molar-refractivity contribution in [1.82, 2.24) is 0 Å². The fourth-order valence-corrected chi connectivity index (χ4v) is 1.79. The lowest BCUT2D eigenvalue weighted by Crippen LogP contribution is -2.36. The molecule has 1 rings (SSSR count). The Hall–Kier alpha value is -2.04. The van der Waals surface area contributed by atoms with E-state index in [0.717, 1.165) is 11.3 Å². The molecule has 0 N–H and O–H groups in total. The Labute approximate surface area is 119 Å². The van der Waals surface area contributed by atoms with Crippen LogP contribution in [0.3, 0.4) is 0 Å². The van der Waals surface area contributed by atoms with Crippen LogP contribution in [0.15, 0.2) is 24.3 Å². The molecule has 0 aliphatic carbocycles. The van der Waals surface area contributed by atoms with E-state index in [4.69, 9.17) is 9.47 Å². The number of hydrogen-bond donors (Lipinski definition) is 0. The van der Waals surface area contributed by atoms with E-state index >= 15 is 0 Å². The number of aryl methyl sites for hydroxylation is 1. The molecule has 0 atom stereocenters. The number of esters is 2. The molecule has 20 heavy (non-hydrogen) atoms. The van der Waals surface area contributed by atoms with Crippen LogP contribution in [0.5, 0.6) is 0 Å². The lowest BCUT2D eigenvalue weighted by molar-refractivity contribution is -0.142. The van der Waals surface area contributed by atoms with E-state index < -0.39 is 0 Å². The summed E-state index contributed by atoms with van der Waals surface area (Å²) in [5.41, 5.74) is 1.85. The van der Waals surface area contributed by atoms with Gasteiger partial charge >= 0.3 is 11.9 Å². The first kappa shape index (κ1) is 16.0. The molecule has 5 nitrogen and oxygen atoms in total. The molecule has 0 amide bonds. The highest BCUT2D eigenvalue weighted by atomic mass is 16.5. The molecule has 0 aliphatic rings. The average Bonchev–Trinajstić information content (AvgIpc) is 2.38. The number of hydrogen-bond acceptors (Lipinski definition) is 5. The first-order chi connectivity index (χ1) is 9.56. The number of ether oxygens (including phenoxy) is 2. The lowest BCUT2D eigenvalue weighted by Gasteiger charge is -2.23. The third-order valence-corrected chi connectivity index (χ3v) is 2.62. The molecule has 0 spiro atoms. The van der Waals surface area contributed by atoms with Gasteiger partial charge in [-0.05, 0) is 38.5 Å². The van der Waals surface area contributed by atoms with Crippen LogP contribution >= 0.6 is 0 Å². The highest BCUT2D eigenvalue weighted by Gasteiger charge is 2.16. The van der Waals surface area contributed by atoms with E-state index in [9.17, 15) is 9.59 Å². The molecule has 5 heteroatoms. The maximum absolute atomic E-state index is 11.6. The minimum Gasteiger partial charge on any atom is -0.465 e. The van der Waals surface area contributed by atoms with E-state index in [1.807, 2.05) is 31.2 Å². The zero-order valence-corrected chi connectivity index (χ0v) is 12.2. The minimum absolute atomic E-state index is 0.0239. The molecule has 0 radical (unpaired) electrons. The standard InChI is InChI=1S/C15H21NO4/c1-4-19-14(17)10-16(11-15(18)20-5-2)13-8-6-7-12(3)9-13/h6-9H,4-5,10-11H2,1-3H3. The maximum atomic E-state index is 11.6. The van der Waals surface area contributed by atoms with Crippen LogP contribution in [0.2, 0.25) is 0 Å². The van der Waals surface area contributed by atoms with Gasteiger partial charge in [-0.25, -0.2) is 0 Å². The summed E-state index contributed by atoms with van der Waals surface area (Å²) in [7, 11) is 0. The van der Waals surface area contributed by atoms with Crippen molar-refractivity contribution in [2.45, 2.75) is 20.8 Å². The van der Waals surface area contributed by atoms with Crippen molar-refractivity contribution in [3.8, 4) is 0 Å². The molecular weight excluding hydrogens is 258 g/mol. The van der Waals surface area contributed by atoms with Gasteiger partial charge in [0.2, 0.25) is 0 Å². The SMILES string of the molecule is CCOC(=O)CN(CC(=O)OCC)c1cccc(C)c1. The summed E-state index contributed by atoms with van der Waals surface area (Å²) in [5, 5.41) is 0. The van der Waals surface area contributed by atoms with Crippen molar-refractivity contribution >= 4 is 17.6 Å². The second kappa shape index (κ2) is 8.19. The molecule has 0 heterocycles. The topological polar surface area (TPSA) is 55.8 Å². The van der Waals surface area contributed by atoms with Crippen LogP contribution in [0.4, 0.5) is 5.69 Å². The van der Waals surface area contributed by atoms with Gasteiger partial charge in [0.25, 0.3) is 0 Å². The summed E-state index contributed by atoms with van der Waals surface area (Å²) in [6, 6.07) is 7.61. The van der Waals surface area contributed by atoms with E-state index in [1.54, 1.807) is 18.7 Å². The van der Waals surface area contributed by atoms with E-state index in [2.05, 4.69) is 0 Å². The fourth-order valence-electron chi connectivity index (χ4n) is 1.79. The van der Waals surface area contributed by atoms with E-state index in [1.165, 1.54) is 0 Å². The smallest absolute Gasteiger partial charge is 0.325 e. The molecule has 110 valence electrons. The molecular formula is C15H21NO4. The second-order valence-electron chi connectivity index (χ2n) is 4.31. The quantitative estimate of drug-likeness (QED) is 0.714. The molecule has 0 unspecified atom stereocenters. The zero-order valence-electron chi connectivity index (χ0n) is 12.2. The van der Waals surface area contributed by atoms with Crippen LogP contribution < -0.4 is 4.90 Å². The number of anilines is 1. The molecule has 0 fully saturated rings. The Morgan fingerprint density at radius 2 is 1.60 bits per heavy atom. The molecule has 0 aromatic heterocycles. The summed E-state index contributed by atoms with van der Waals surface area (Å²) < 4.78 is 9.87. The van der Waals surface area contributed by atoms with Gasteiger partial charge in [-0.3, -0.25) is 9.59 Å². The van der Waals surface area contributed by atoms with Crippen molar-refractivity contribution in [2.24, 2.45) is 0 Å². The fraction of sp³-hybridized carbons (Fsp3) is 0.467. The van der Waals surface area contributed by atoms with Gasteiger partial charge in [-0.1, -0.05) is 12.1 Å². The summed E-state index contributed by atoms with van der Waals surface area (Å²) in [4.78, 5) is 24.9. The Morgan fingerprint density at radius 1 is 1.05 bits per heavy atom. The number of nitrogens with zero attached hydrogens (tertiary/aromatic N) is 1. The van der Waals surface area contributed by atoms with Gasteiger partial charge in [-0.2, -0.15) is 0 Å². The molecule has 0 saturated carbocycles. The minimum atomic E-state index is -0.363. The summed E-state index contributed by atoms with van der Waals surface area (Å²) in [5.74, 6) is -0.725. The highest BCUT2D eigenvalue weighted by molar-refractivity contribution is 5.81.